The highest BCUT2D eigenvalue weighted by molar-refractivity contribution is 7.80. The van der Waals surface area contributed by atoms with Crippen LogP contribution in [0.15, 0.2) is 30.3 Å². The average Bonchev–Trinajstić information content (AvgIpc) is 2.82. The predicted molar refractivity (Wildman–Crippen MR) is 81.8 cm³/mol. The number of carbonyl (C=O) groups is 1. The molecule has 0 unspecified atom stereocenters. The number of benzene rings is 1. The van der Waals surface area contributed by atoms with Crippen molar-refractivity contribution in [2.75, 3.05) is 12.4 Å². The van der Waals surface area contributed by atoms with Crippen molar-refractivity contribution in [3.8, 4) is 0 Å². The van der Waals surface area contributed by atoms with Gasteiger partial charge >= 0.3 is 5.97 Å². The highest BCUT2D eigenvalue weighted by Crippen LogP contribution is 2.18. The summed E-state index contributed by atoms with van der Waals surface area (Å²) in [6.45, 7) is 2.18. The number of aromatic amines is 1. The third-order valence-electron chi connectivity index (χ3n) is 2.75. The Bertz CT molecular complexity index is 601. The minimum atomic E-state index is -0.314. The summed E-state index contributed by atoms with van der Waals surface area (Å²) in [5.74, 6) is 0.528. The molecule has 19 heavy (non-hydrogen) atoms. The fourth-order valence-corrected chi connectivity index (χ4v) is 2.01. The summed E-state index contributed by atoms with van der Waals surface area (Å²) >= 11 is 4.16. The number of rotatable bonds is 5. The molecule has 1 aromatic heterocycles. The molecule has 3 nitrogen and oxygen atoms in total. The molecule has 0 fully saturated rings. The second-order valence-electron chi connectivity index (χ2n) is 4.16. The van der Waals surface area contributed by atoms with E-state index in [0.717, 1.165) is 28.6 Å². The van der Waals surface area contributed by atoms with Crippen molar-refractivity contribution < 1.29 is 9.53 Å². The Morgan fingerprint density at radius 1 is 1.42 bits per heavy atom. The van der Waals surface area contributed by atoms with Gasteiger partial charge in [-0.25, -0.2) is 4.79 Å². The number of hydrogen-bond donors (Lipinski definition) is 2. The van der Waals surface area contributed by atoms with E-state index in [1.807, 2.05) is 24.3 Å². The SMILES string of the molecule is CCOC(=O)c1cc2ccc(C=CCCS)cc2[nH]1. The van der Waals surface area contributed by atoms with Crippen LogP contribution in [0.2, 0.25) is 0 Å². The maximum atomic E-state index is 11.6. The van der Waals surface area contributed by atoms with Crippen LogP contribution in [0.5, 0.6) is 0 Å². The summed E-state index contributed by atoms with van der Waals surface area (Å²) in [5.41, 5.74) is 2.54. The average molecular weight is 275 g/mol. The van der Waals surface area contributed by atoms with Gasteiger partial charge in [0.15, 0.2) is 0 Å². The third kappa shape index (κ3) is 3.41. The molecule has 2 rings (SSSR count). The van der Waals surface area contributed by atoms with Crippen LogP contribution in [0.25, 0.3) is 17.0 Å². The molecule has 2 aromatic rings. The molecular formula is C15H17NO2S. The number of aromatic nitrogens is 1. The van der Waals surface area contributed by atoms with Gasteiger partial charge in [-0.1, -0.05) is 24.3 Å². The summed E-state index contributed by atoms with van der Waals surface area (Å²) in [6.07, 6.45) is 5.09. The Kier molecular flexibility index (Phi) is 4.68. The number of H-pyrrole nitrogens is 1. The summed E-state index contributed by atoms with van der Waals surface area (Å²) < 4.78 is 4.97. The number of carbonyl (C=O) groups excluding carboxylic acids is 1. The first kappa shape index (κ1) is 13.7. The molecular weight excluding hydrogens is 258 g/mol. The molecule has 0 aliphatic carbocycles. The van der Waals surface area contributed by atoms with Crippen LogP contribution in [-0.2, 0) is 4.74 Å². The van der Waals surface area contributed by atoms with Gasteiger partial charge in [-0.05, 0) is 36.8 Å². The highest BCUT2D eigenvalue weighted by atomic mass is 32.1. The van der Waals surface area contributed by atoms with Crippen molar-refractivity contribution >= 4 is 35.6 Å². The molecule has 0 saturated heterocycles. The maximum Gasteiger partial charge on any atom is 0.354 e. The maximum absolute atomic E-state index is 11.6. The molecule has 0 spiro atoms. The fourth-order valence-electron chi connectivity index (χ4n) is 1.86. The lowest BCUT2D eigenvalue weighted by atomic mass is 10.1. The standard InChI is InChI=1S/C15H17NO2S/c1-2-18-15(17)14-10-12-7-6-11(5-3-4-8-19)9-13(12)16-14/h3,5-7,9-10,16,19H,2,4,8H2,1H3. The number of nitrogens with one attached hydrogen (secondary N) is 1. The van der Waals surface area contributed by atoms with Crippen molar-refractivity contribution in [1.29, 1.82) is 0 Å². The van der Waals surface area contributed by atoms with Crippen LogP contribution in [0.4, 0.5) is 0 Å². The van der Waals surface area contributed by atoms with Gasteiger partial charge in [0.2, 0.25) is 0 Å². The van der Waals surface area contributed by atoms with E-state index in [0.29, 0.717) is 12.3 Å². The Balaban J connectivity index is 2.25. The first-order valence-corrected chi connectivity index (χ1v) is 6.95. The molecule has 0 amide bonds. The molecule has 100 valence electrons. The third-order valence-corrected chi connectivity index (χ3v) is 3.01. The number of ether oxygens (including phenoxy) is 1. The normalized spacial score (nSPS) is 11.3. The number of hydrogen-bond acceptors (Lipinski definition) is 3. The van der Waals surface area contributed by atoms with Crippen molar-refractivity contribution in [2.45, 2.75) is 13.3 Å². The Labute approximate surface area is 118 Å². The topological polar surface area (TPSA) is 42.1 Å². The van der Waals surface area contributed by atoms with Crippen molar-refractivity contribution in [3.05, 3.63) is 41.6 Å². The zero-order valence-electron chi connectivity index (χ0n) is 10.8. The number of esters is 1. The molecule has 1 aromatic carbocycles. The molecule has 1 N–H and O–H groups in total. The lowest BCUT2D eigenvalue weighted by molar-refractivity contribution is 0.0520. The first-order chi connectivity index (χ1) is 9.24. The van der Waals surface area contributed by atoms with Crippen molar-refractivity contribution in [2.24, 2.45) is 0 Å². The lowest BCUT2D eigenvalue weighted by Crippen LogP contribution is -2.04. The van der Waals surface area contributed by atoms with E-state index < -0.39 is 0 Å². The molecule has 0 aliphatic rings. The summed E-state index contributed by atoms with van der Waals surface area (Å²) in [7, 11) is 0. The van der Waals surface area contributed by atoms with E-state index >= 15 is 0 Å². The van der Waals surface area contributed by atoms with Crippen LogP contribution < -0.4 is 0 Å². The van der Waals surface area contributed by atoms with Gasteiger partial charge < -0.3 is 9.72 Å². The van der Waals surface area contributed by atoms with Gasteiger partial charge in [0, 0.05) is 10.9 Å². The first-order valence-electron chi connectivity index (χ1n) is 6.32. The highest BCUT2D eigenvalue weighted by Gasteiger charge is 2.09. The van der Waals surface area contributed by atoms with Gasteiger partial charge in [0.25, 0.3) is 0 Å². The second kappa shape index (κ2) is 6.48. The van der Waals surface area contributed by atoms with E-state index in [1.165, 1.54) is 0 Å². The van der Waals surface area contributed by atoms with Gasteiger partial charge in [0.05, 0.1) is 6.61 Å². The Morgan fingerprint density at radius 2 is 2.26 bits per heavy atom. The van der Waals surface area contributed by atoms with E-state index in [2.05, 4.69) is 29.8 Å². The monoisotopic (exact) mass is 275 g/mol. The lowest BCUT2D eigenvalue weighted by Gasteiger charge is -1.97. The van der Waals surface area contributed by atoms with Gasteiger partial charge in [-0.15, -0.1) is 0 Å². The molecule has 1 heterocycles. The summed E-state index contributed by atoms with van der Waals surface area (Å²) in [4.78, 5) is 14.7. The smallest absolute Gasteiger partial charge is 0.354 e. The van der Waals surface area contributed by atoms with Crippen LogP contribution in [0.3, 0.4) is 0 Å². The summed E-state index contributed by atoms with van der Waals surface area (Å²) in [5, 5.41) is 1.01. The zero-order valence-corrected chi connectivity index (χ0v) is 11.7. The quantitative estimate of drug-likeness (QED) is 0.645. The number of fused-ring (bicyclic) bond motifs is 1. The zero-order chi connectivity index (χ0) is 13.7. The van der Waals surface area contributed by atoms with Gasteiger partial charge in [-0.2, -0.15) is 12.6 Å². The van der Waals surface area contributed by atoms with Crippen LogP contribution in [-0.4, -0.2) is 23.3 Å². The predicted octanol–water partition coefficient (Wildman–Crippen LogP) is 3.68. The largest absolute Gasteiger partial charge is 0.461 e. The van der Waals surface area contributed by atoms with Crippen molar-refractivity contribution in [3.63, 3.8) is 0 Å². The molecule has 0 atom stereocenters. The van der Waals surface area contributed by atoms with Crippen LogP contribution in [0, 0.1) is 0 Å². The second-order valence-corrected chi connectivity index (χ2v) is 4.61. The van der Waals surface area contributed by atoms with E-state index in [1.54, 1.807) is 6.92 Å². The molecule has 0 aliphatic heterocycles. The van der Waals surface area contributed by atoms with Crippen LogP contribution in [0.1, 0.15) is 29.4 Å². The minimum Gasteiger partial charge on any atom is -0.461 e. The van der Waals surface area contributed by atoms with Crippen LogP contribution >= 0.6 is 12.6 Å². The van der Waals surface area contributed by atoms with Gasteiger partial charge in [-0.3, -0.25) is 0 Å². The molecule has 0 saturated carbocycles. The van der Waals surface area contributed by atoms with E-state index in [9.17, 15) is 4.79 Å². The summed E-state index contributed by atoms with van der Waals surface area (Å²) in [6, 6.07) is 7.86. The minimum absolute atomic E-state index is 0.314. The Morgan fingerprint density at radius 3 is 3.00 bits per heavy atom. The van der Waals surface area contributed by atoms with Crippen molar-refractivity contribution in [1.82, 2.24) is 4.98 Å². The molecule has 4 heteroatoms. The van der Waals surface area contributed by atoms with Gasteiger partial charge in [0.1, 0.15) is 5.69 Å². The van der Waals surface area contributed by atoms with E-state index in [4.69, 9.17) is 4.74 Å². The van der Waals surface area contributed by atoms with E-state index in [-0.39, 0.29) is 5.97 Å². The fraction of sp³-hybridized carbons (Fsp3) is 0.267. The molecule has 0 radical (unpaired) electrons. The number of thiol groups is 1. The molecule has 0 bridgehead atoms. The number of allylic oxidation sites excluding steroid dienone is 1. The Hall–Kier alpha value is -1.68.